The van der Waals surface area contributed by atoms with Crippen LogP contribution in [0.5, 0.6) is 11.5 Å². The average molecular weight is 360 g/mol. The van der Waals surface area contributed by atoms with Crippen molar-refractivity contribution in [2.75, 3.05) is 13.7 Å². The van der Waals surface area contributed by atoms with E-state index in [0.717, 1.165) is 18.6 Å². The number of aliphatic hydroxyl groups is 2. The molecule has 0 aliphatic carbocycles. The maximum absolute atomic E-state index is 10.7. The van der Waals surface area contributed by atoms with Crippen LogP contribution in [0.4, 0.5) is 0 Å². The Balaban J connectivity index is 0.000000492. The van der Waals surface area contributed by atoms with Crippen LogP contribution in [0.25, 0.3) is 0 Å². The molecule has 0 aliphatic heterocycles. The van der Waals surface area contributed by atoms with Crippen LogP contribution < -0.4 is 4.74 Å². The molecule has 0 aromatic heterocycles. The molecule has 0 amide bonds. The molecule has 0 saturated heterocycles. The Bertz CT molecular complexity index is 585. The number of hydrogen-bond acceptors (Lipinski definition) is 4. The largest absolute Gasteiger partial charge is 0.457 e. The SMILES string of the molecule is CC(=O)C(C)(C)CCO.CO.Cc1ccc(Oc2ccc(C)cc2)cc1. The van der Waals surface area contributed by atoms with Crippen molar-refractivity contribution in [2.45, 2.75) is 41.0 Å². The van der Waals surface area contributed by atoms with Crippen LogP contribution in [0.3, 0.4) is 0 Å². The molecule has 0 atom stereocenters. The average Bonchev–Trinajstić information content (AvgIpc) is 2.61. The Hall–Kier alpha value is -2.17. The Morgan fingerprint density at radius 3 is 1.46 bits per heavy atom. The fourth-order valence-electron chi connectivity index (χ4n) is 1.80. The zero-order chi connectivity index (χ0) is 20.2. The maximum atomic E-state index is 10.7. The predicted molar refractivity (Wildman–Crippen MR) is 107 cm³/mol. The van der Waals surface area contributed by atoms with Gasteiger partial charge in [-0.15, -0.1) is 0 Å². The van der Waals surface area contributed by atoms with Crippen LogP contribution >= 0.6 is 0 Å². The van der Waals surface area contributed by atoms with E-state index >= 15 is 0 Å². The van der Waals surface area contributed by atoms with Gasteiger partial charge in [0.05, 0.1) is 0 Å². The van der Waals surface area contributed by atoms with Crippen molar-refractivity contribution < 1.29 is 19.7 Å². The Morgan fingerprint density at radius 1 is 0.885 bits per heavy atom. The number of carbonyl (C=O) groups is 1. The molecule has 0 spiro atoms. The first-order chi connectivity index (χ1) is 12.2. The summed E-state index contributed by atoms with van der Waals surface area (Å²) in [5, 5.41) is 15.5. The van der Waals surface area contributed by atoms with Gasteiger partial charge in [-0.25, -0.2) is 0 Å². The molecule has 0 aliphatic rings. The fourth-order valence-corrected chi connectivity index (χ4v) is 1.80. The number of benzene rings is 2. The fraction of sp³-hybridized carbons (Fsp3) is 0.409. The summed E-state index contributed by atoms with van der Waals surface area (Å²) in [6.07, 6.45) is 0.558. The van der Waals surface area contributed by atoms with Crippen LogP contribution in [0.1, 0.15) is 38.3 Å². The smallest absolute Gasteiger partial charge is 0.135 e. The van der Waals surface area contributed by atoms with Crippen molar-refractivity contribution in [3.63, 3.8) is 0 Å². The lowest BCUT2D eigenvalue weighted by Crippen LogP contribution is -2.22. The van der Waals surface area contributed by atoms with E-state index in [0.29, 0.717) is 6.42 Å². The molecule has 2 aromatic rings. The van der Waals surface area contributed by atoms with Gasteiger partial charge in [0.15, 0.2) is 0 Å². The number of aryl methyl sites for hydroxylation is 2. The van der Waals surface area contributed by atoms with Crippen LogP contribution in [0, 0.1) is 19.3 Å². The third-order valence-electron chi connectivity index (χ3n) is 3.97. The monoisotopic (exact) mass is 360 g/mol. The van der Waals surface area contributed by atoms with Crippen molar-refractivity contribution in [3.05, 3.63) is 59.7 Å². The molecule has 0 bridgehead atoms. The highest BCUT2D eigenvalue weighted by atomic mass is 16.5. The maximum Gasteiger partial charge on any atom is 0.135 e. The van der Waals surface area contributed by atoms with E-state index < -0.39 is 0 Å². The second-order valence-electron chi connectivity index (χ2n) is 6.64. The molecule has 0 saturated carbocycles. The van der Waals surface area contributed by atoms with E-state index in [9.17, 15) is 4.79 Å². The minimum absolute atomic E-state index is 0.0899. The highest BCUT2D eigenvalue weighted by Crippen LogP contribution is 2.21. The van der Waals surface area contributed by atoms with Crippen molar-refractivity contribution in [1.82, 2.24) is 0 Å². The number of ether oxygens (including phenoxy) is 1. The summed E-state index contributed by atoms with van der Waals surface area (Å²) < 4.78 is 5.69. The van der Waals surface area contributed by atoms with Gasteiger partial charge in [0.1, 0.15) is 17.3 Å². The highest BCUT2D eigenvalue weighted by Gasteiger charge is 2.21. The number of rotatable bonds is 5. The van der Waals surface area contributed by atoms with Gasteiger partial charge in [-0.3, -0.25) is 4.79 Å². The first-order valence-electron chi connectivity index (χ1n) is 8.62. The molecule has 0 heterocycles. The first kappa shape index (κ1) is 23.8. The van der Waals surface area contributed by atoms with Gasteiger partial charge < -0.3 is 14.9 Å². The molecule has 2 aromatic carbocycles. The molecule has 144 valence electrons. The normalized spacial score (nSPS) is 10.0. The van der Waals surface area contributed by atoms with Gasteiger partial charge in [0, 0.05) is 19.1 Å². The molecule has 26 heavy (non-hydrogen) atoms. The highest BCUT2D eigenvalue weighted by molar-refractivity contribution is 5.81. The van der Waals surface area contributed by atoms with E-state index in [1.807, 2.05) is 62.4 Å². The molecular formula is C22H32O4. The van der Waals surface area contributed by atoms with E-state index in [-0.39, 0.29) is 17.8 Å². The zero-order valence-corrected chi connectivity index (χ0v) is 16.7. The summed E-state index contributed by atoms with van der Waals surface area (Å²) in [6.45, 7) is 9.45. The number of aliphatic hydroxyl groups excluding tert-OH is 2. The van der Waals surface area contributed by atoms with Gasteiger partial charge in [-0.05, 0) is 51.5 Å². The summed E-state index contributed by atoms with van der Waals surface area (Å²) in [7, 11) is 1.00. The quantitative estimate of drug-likeness (QED) is 0.812. The Morgan fingerprint density at radius 2 is 1.23 bits per heavy atom. The van der Waals surface area contributed by atoms with Gasteiger partial charge in [-0.2, -0.15) is 0 Å². The molecule has 0 radical (unpaired) electrons. The number of Topliss-reactive ketones (excluding diaryl/α,β-unsaturated/α-hetero) is 1. The standard InChI is InChI=1S/C14H14O.C7H14O2.CH4O/c1-11-3-7-13(8-4-11)15-14-9-5-12(2)6-10-14;1-6(9)7(2,3)4-5-8;1-2/h3-10H,1-2H3;8H,4-5H2,1-3H3;2H,1H3. The second kappa shape index (κ2) is 12.2. The number of ketones is 1. The van der Waals surface area contributed by atoms with Gasteiger partial charge in [-0.1, -0.05) is 49.2 Å². The second-order valence-corrected chi connectivity index (χ2v) is 6.64. The third-order valence-corrected chi connectivity index (χ3v) is 3.97. The number of hydrogen-bond donors (Lipinski definition) is 2. The molecule has 4 nitrogen and oxygen atoms in total. The summed E-state index contributed by atoms with van der Waals surface area (Å²) in [6, 6.07) is 16.1. The van der Waals surface area contributed by atoms with E-state index in [1.165, 1.54) is 11.1 Å². The van der Waals surface area contributed by atoms with Gasteiger partial charge >= 0.3 is 0 Å². The van der Waals surface area contributed by atoms with E-state index in [4.69, 9.17) is 14.9 Å². The summed E-state index contributed by atoms with van der Waals surface area (Å²) >= 11 is 0. The van der Waals surface area contributed by atoms with Crippen LogP contribution in [-0.4, -0.2) is 29.7 Å². The lowest BCUT2D eigenvalue weighted by Gasteiger charge is -2.18. The molecule has 4 heteroatoms. The minimum atomic E-state index is -0.339. The van der Waals surface area contributed by atoms with Crippen LogP contribution in [0.2, 0.25) is 0 Å². The van der Waals surface area contributed by atoms with Crippen molar-refractivity contribution in [3.8, 4) is 11.5 Å². The van der Waals surface area contributed by atoms with Crippen molar-refractivity contribution in [2.24, 2.45) is 5.41 Å². The summed E-state index contributed by atoms with van der Waals surface area (Å²) in [5.41, 5.74) is 2.15. The summed E-state index contributed by atoms with van der Waals surface area (Å²) in [5.74, 6) is 1.89. The lowest BCUT2D eigenvalue weighted by molar-refractivity contribution is -0.125. The minimum Gasteiger partial charge on any atom is -0.457 e. The predicted octanol–water partition coefficient (Wildman–Crippen LogP) is 4.69. The van der Waals surface area contributed by atoms with Gasteiger partial charge in [0.2, 0.25) is 0 Å². The topological polar surface area (TPSA) is 66.8 Å². The van der Waals surface area contributed by atoms with E-state index in [2.05, 4.69) is 13.8 Å². The Kier molecular flexibility index (Phi) is 11.2. The first-order valence-corrected chi connectivity index (χ1v) is 8.62. The summed E-state index contributed by atoms with van der Waals surface area (Å²) in [4.78, 5) is 10.7. The van der Waals surface area contributed by atoms with Crippen molar-refractivity contribution in [1.29, 1.82) is 0 Å². The lowest BCUT2D eigenvalue weighted by atomic mass is 9.86. The molecule has 0 fully saturated rings. The molecule has 2 rings (SSSR count). The Labute approximate surface area is 157 Å². The van der Waals surface area contributed by atoms with Crippen LogP contribution in [0.15, 0.2) is 48.5 Å². The third kappa shape index (κ3) is 9.35. The molecular weight excluding hydrogens is 328 g/mol. The molecule has 2 N–H and O–H groups in total. The van der Waals surface area contributed by atoms with Crippen LogP contribution in [-0.2, 0) is 4.79 Å². The van der Waals surface area contributed by atoms with Gasteiger partial charge in [0.25, 0.3) is 0 Å². The zero-order valence-electron chi connectivity index (χ0n) is 16.7. The van der Waals surface area contributed by atoms with E-state index in [1.54, 1.807) is 6.92 Å². The van der Waals surface area contributed by atoms with Crippen molar-refractivity contribution >= 4 is 5.78 Å². The molecule has 0 unspecified atom stereocenters. The number of carbonyl (C=O) groups excluding carboxylic acids is 1.